The molecule has 2 rings (SSSR count). The molecule has 2 aromatic rings. The molecule has 0 bridgehead atoms. The Hall–Kier alpha value is -1.16. The molecule has 0 amide bonds. The highest BCUT2D eigenvalue weighted by Gasteiger charge is 2.15. The Morgan fingerprint density at radius 3 is 2.75 bits per heavy atom. The molecule has 0 N–H and O–H groups in total. The number of aryl methyl sites for hydroxylation is 1. The van der Waals surface area contributed by atoms with Crippen LogP contribution in [0.25, 0.3) is 5.65 Å². The summed E-state index contributed by atoms with van der Waals surface area (Å²) in [6, 6.07) is 1.98. The second-order valence-corrected chi connectivity index (χ2v) is 5.04. The molecule has 3 nitrogen and oxygen atoms in total. The highest BCUT2D eigenvalue weighted by Crippen LogP contribution is 2.23. The van der Waals surface area contributed by atoms with Crippen molar-refractivity contribution >= 4 is 27.9 Å². The van der Waals surface area contributed by atoms with Crippen LogP contribution in [-0.4, -0.2) is 15.7 Å². The van der Waals surface area contributed by atoms with Gasteiger partial charge in [0.15, 0.2) is 6.29 Å². The van der Waals surface area contributed by atoms with E-state index in [4.69, 9.17) is 0 Å². The number of nitrogens with zero attached hydrogens (tertiary/aromatic N) is 2. The summed E-state index contributed by atoms with van der Waals surface area (Å²) in [6.45, 7) is 6.09. The van der Waals surface area contributed by atoms with E-state index in [1.54, 1.807) is 0 Å². The molecule has 0 atom stereocenters. The Morgan fingerprint density at radius 1 is 1.50 bits per heavy atom. The van der Waals surface area contributed by atoms with E-state index in [9.17, 15) is 4.79 Å². The Labute approximate surface area is 103 Å². The van der Waals surface area contributed by atoms with Gasteiger partial charge in [-0.15, -0.1) is 0 Å². The van der Waals surface area contributed by atoms with E-state index in [0.717, 1.165) is 27.7 Å². The average Bonchev–Trinajstić information content (AvgIpc) is 2.57. The van der Waals surface area contributed by atoms with Gasteiger partial charge in [-0.2, -0.15) is 0 Å². The van der Waals surface area contributed by atoms with Crippen molar-refractivity contribution in [2.45, 2.75) is 26.7 Å². The predicted octanol–water partition coefficient (Wildman–Crippen LogP) is 3.34. The lowest BCUT2D eigenvalue weighted by Crippen LogP contribution is -1.97. The molecule has 0 aliphatic carbocycles. The van der Waals surface area contributed by atoms with E-state index in [2.05, 4.69) is 20.9 Å². The first kappa shape index (κ1) is 11.3. The quantitative estimate of drug-likeness (QED) is 0.791. The third kappa shape index (κ3) is 1.67. The SMILES string of the molecule is Cc1cc2nc(C(C)C)c(C=O)n2cc1Br. The molecule has 0 fully saturated rings. The number of aromatic nitrogens is 2. The van der Waals surface area contributed by atoms with E-state index < -0.39 is 0 Å². The van der Waals surface area contributed by atoms with Gasteiger partial charge in [0.05, 0.1) is 5.69 Å². The van der Waals surface area contributed by atoms with Crippen molar-refractivity contribution in [2.75, 3.05) is 0 Å². The molecule has 16 heavy (non-hydrogen) atoms. The van der Waals surface area contributed by atoms with Crippen LogP contribution in [0.3, 0.4) is 0 Å². The molecule has 0 aliphatic rings. The van der Waals surface area contributed by atoms with Gasteiger partial charge in [0.1, 0.15) is 11.3 Å². The molecule has 2 heterocycles. The van der Waals surface area contributed by atoms with E-state index in [0.29, 0.717) is 5.69 Å². The first-order valence-corrected chi connectivity index (χ1v) is 5.97. The number of pyridine rings is 1. The van der Waals surface area contributed by atoms with Gasteiger partial charge in [0.2, 0.25) is 0 Å². The van der Waals surface area contributed by atoms with E-state index in [1.807, 2.05) is 37.4 Å². The van der Waals surface area contributed by atoms with E-state index in [-0.39, 0.29) is 5.92 Å². The Morgan fingerprint density at radius 2 is 2.19 bits per heavy atom. The van der Waals surface area contributed by atoms with Crippen LogP contribution in [0.4, 0.5) is 0 Å². The summed E-state index contributed by atoms with van der Waals surface area (Å²) in [5, 5.41) is 0. The highest BCUT2D eigenvalue weighted by molar-refractivity contribution is 9.10. The van der Waals surface area contributed by atoms with Crippen molar-refractivity contribution in [1.29, 1.82) is 0 Å². The fourth-order valence-corrected chi connectivity index (χ4v) is 2.06. The van der Waals surface area contributed by atoms with Gasteiger partial charge in [-0.1, -0.05) is 13.8 Å². The maximum absolute atomic E-state index is 11.1. The zero-order valence-corrected chi connectivity index (χ0v) is 11.1. The van der Waals surface area contributed by atoms with Gasteiger partial charge in [-0.3, -0.25) is 9.20 Å². The van der Waals surface area contributed by atoms with Crippen molar-refractivity contribution in [3.63, 3.8) is 0 Å². The second kappa shape index (κ2) is 4.01. The molecular weight excluding hydrogens is 268 g/mol. The number of rotatable bonds is 2. The van der Waals surface area contributed by atoms with Gasteiger partial charge in [-0.25, -0.2) is 4.98 Å². The second-order valence-electron chi connectivity index (χ2n) is 4.19. The van der Waals surface area contributed by atoms with E-state index in [1.165, 1.54) is 0 Å². The number of carbonyl (C=O) groups is 1. The van der Waals surface area contributed by atoms with Crippen molar-refractivity contribution < 1.29 is 4.79 Å². The molecule has 0 unspecified atom stereocenters. The third-order valence-electron chi connectivity index (χ3n) is 2.63. The molecule has 2 aromatic heterocycles. The molecular formula is C12H13BrN2O. The van der Waals surface area contributed by atoms with Crippen LogP contribution < -0.4 is 0 Å². The number of fused-ring (bicyclic) bond motifs is 1. The van der Waals surface area contributed by atoms with Crippen molar-refractivity contribution in [3.8, 4) is 0 Å². The summed E-state index contributed by atoms with van der Waals surface area (Å²) in [5.74, 6) is 0.249. The van der Waals surface area contributed by atoms with Gasteiger partial charge in [0.25, 0.3) is 0 Å². The molecule has 0 saturated heterocycles. The van der Waals surface area contributed by atoms with Crippen LogP contribution in [0, 0.1) is 6.92 Å². The zero-order valence-electron chi connectivity index (χ0n) is 9.49. The summed E-state index contributed by atoms with van der Waals surface area (Å²) in [4.78, 5) is 15.6. The summed E-state index contributed by atoms with van der Waals surface area (Å²) in [5.41, 5.74) is 3.44. The number of hydrogen-bond acceptors (Lipinski definition) is 2. The molecule has 0 saturated carbocycles. The van der Waals surface area contributed by atoms with Crippen LogP contribution in [0.15, 0.2) is 16.7 Å². The Bertz CT molecular complexity index is 558. The summed E-state index contributed by atoms with van der Waals surface area (Å²) in [6.07, 6.45) is 2.77. The van der Waals surface area contributed by atoms with Crippen molar-refractivity contribution in [1.82, 2.24) is 9.38 Å². The lowest BCUT2D eigenvalue weighted by molar-refractivity contribution is 0.111. The minimum atomic E-state index is 0.249. The van der Waals surface area contributed by atoms with Crippen molar-refractivity contribution in [2.24, 2.45) is 0 Å². The number of aldehydes is 1. The first-order chi connectivity index (χ1) is 7.54. The van der Waals surface area contributed by atoms with Crippen LogP contribution in [0.1, 0.15) is 41.5 Å². The van der Waals surface area contributed by atoms with Gasteiger partial charge in [0, 0.05) is 10.7 Å². The maximum Gasteiger partial charge on any atom is 0.168 e. The maximum atomic E-state index is 11.1. The molecule has 0 spiro atoms. The van der Waals surface area contributed by atoms with Crippen molar-refractivity contribution in [3.05, 3.63) is 33.7 Å². The topological polar surface area (TPSA) is 34.4 Å². The molecule has 4 heteroatoms. The van der Waals surface area contributed by atoms with Crippen LogP contribution in [0.2, 0.25) is 0 Å². The van der Waals surface area contributed by atoms with Crippen LogP contribution in [-0.2, 0) is 0 Å². The molecule has 0 aliphatic heterocycles. The standard InChI is InChI=1S/C12H13BrN2O/c1-7(2)12-10(6-16)15-5-9(13)8(3)4-11(15)14-12/h4-7H,1-3H3. The number of halogens is 1. The third-order valence-corrected chi connectivity index (χ3v) is 3.46. The predicted molar refractivity (Wildman–Crippen MR) is 67.1 cm³/mol. The number of hydrogen-bond donors (Lipinski definition) is 0. The van der Waals surface area contributed by atoms with Gasteiger partial charge in [-0.05, 0) is 40.4 Å². The minimum Gasteiger partial charge on any atom is -0.296 e. The summed E-state index contributed by atoms with van der Waals surface area (Å²) >= 11 is 3.46. The fourth-order valence-electron chi connectivity index (χ4n) is 1.74. The molecule has 84 valence electrons. The smallest absolute Gasteiger partial charge is 0.168 e. The lowest BCUT2D eigenvalue weighted by Gasteiger charge is -2.01. The van der Waals surface area contributed by atoms with Crippen LogP contribution in [0.5, 0.6) is 0 Å². The van der Waals surface area contributed by atoms with E-state index >= 15 is 0 Å². The Balaban J connectivity index is 2.82. The normalized spacial score (nSPS) is 11.3. The monoisotopic (exact) mass is 280 g/mol. The summed E-state index contributed by atoms with van der Waals surface area (Å²) < 4.78 is 2.81. The first-order valence-electron chi connectivity index (χ1n) is 5.18. The average molecular weight is 281 g/mol. The number of imidazole rings is 1. The minimum absolute atomic E-state index is 0.249. The lowest BCUT2D eigenvalue weighted by atomic mass is 10.1. The number of carbonyl (C=O) groups excluding carboxylic acids is 1. The van der Waals surface area contributed by atoms with Gasteiger partial charge < -0.3 is 0 Å². The summed E-state index contributed by atoms with van der Waals surface area (Å²) in [7, 11) is 0. The Kier molecular flexibility index (Phi) is 2.84. The van der Waals surface area contributed by atoms with Crippen LogP contribution >= 0.6 is 15.9 Å². The largest absolute Gasteiger partial charge is 0.296 e. The molecule has 0 radical (unpaired) electrons. The highest BCUT2D eigenvalue weighted by atomic mass is 79.9. The van der Waals surface area contributed by atoms with Gasteiger partial charge >= 0.3 is 0 Å². The molecule has 0 aromatic carbocycles. The zero-order chi connectivity index (χ0) is 11.9. The fraction of sp³-hybridized carbons (Fsp3) is 0.333.